The van der Waals surface area contributed by atoms with E-state index in [1.54, 1.807) is 24.3 Å². The second-order valence-corrected chi connectivity index (χ2v) is 10.3. The summed E-state index contributed by atoms with van der Waals surface area (Å²) in [6.07, 6.45) is 2.21. The third-order valence-electron chi connectivity index (χ3n) is 5.16. The summed E-state index contributed by atoms with van der Waals surface area (Å²) < 4.78 is 26.1. The van der Waals surface area contributed by atoms with Gasteiger partial charge in [0.1, 0.15) is 12.6 Å². The number of hydrogen-bond acceptors (Lipinski definition) is 4. The van der Waals surface area contributed by atoms with Crippen LogP contribution in [-0.2, 0) is 26.2 Å². The molecule has 1 atom stereocenters. The minimum atomic E-state index is -3.76. The first-order valence-corrected chi connectivity index (χ1v) is 13.2. The molecule has 0 aromatic heterocycles. The number of benzene rings is 2. The molecule has 0 saturated carbocycles. The van der Waals surface area contributed by atoms with Crippen molar-refractivity contribution in [2.24, 2.45) is 0 Å². The van der Waals surface area contributed by atoms with E-state index in [-0.39, 0.29) is 12.5 Å². The van der Waals surface area contributed by atoms with Crippen LogP contribution in [0.25, 0.3) is 0 Å². The molecule has 0 spiro atoms. The molecule has 1 unspecified atom stereocenters. The van der Waals surface area contributed by atoms with E-state index in [2.05, 4.69) is 5.32 Å². The minimum absolute atomic E-state index is 0.191. The molecule has 2 aromatic rings. The third kappa shape index (κ3) is 7.75. The molecule has 0 saturated heterocycles. The number of hydrogen-bond donors (Lipinski definition) is 1. The molecule has 7 nitrogen and oxygen atoms in total. The fraction of sp³-hybridized carbons (Fsp3) is 0.417. The van der Waals surface area contributed by atoms with Crippen molar-refractivity contribution in [3.63, 3.8) is 0 Å². The van der Waals surface area contributed by atoms with Gasteiger partial charge in [0, 0.05) is 18.1 Å². The topological polar surface area (TPSA) is 86.8 Å². The average molecular weight is 494 g/mol. The van der Waals surface area contributed by atoms with E-state index in [1.165, 1.54) is 4.90 Å². The Balaban J connectivity index is 2.41. The number of anilines is 1. The lowest BCUT2D eigenvalue weighted by Crippen LogP contribution is -2.52. The number of aryl methyl sites for hydroxylation is 1. The standard InChI is InChI=1S/C24H32ClN3O4S/c1-5-14-26-24(30)22(6-2)27(16-19-9-7-8-18(3)15-19)23(29)17-28(33(4,31)32)21-12-10-20(25)11-13-21/h7-13,15,22H,5-6,14,16-17H2,1-4H3,(H,26,30). The van der Waals surface area contributed by atoms with Crippen molar-refractivity contribution in [3.05, 3.63) is 64.7 Å². The molecule has 9 heteroatoms. The Morgan fingerprint density at radius 2 is 1.76 bits per heavy atom. The molecule has 0 radical (unpaired) electrons. The van der Waals surface area contributed by atoms with Gasteiger partial charge in [0.2, 0.25) is 21.8 Å². The van der Waals surface area contributed by atoms with Crippen LogP contribution in [0.4, 0.5) is 5.69 Å². The Morgan fingerprint density at radius 3 is 2.30 bits per heavy atom. The lowest BCUT2D eigenvalue weighted by Gasteiger charge is -2.33. The third-order valence-corrected chi connectivity index (χ3v) is 6.56. The summed E-state index contributed by atoms with van der Waals surface area (Å²) >= 11 is 5.94. The van der Waals surface area contributed by atoms with E-state index in [1.807, 2.05) is 45.0 Å². The molecule has 0 aliphatic heterocycles. The van der Waals surface area contributed by atoms with Crippen molar-refractivity contribution in [1.29, 1.82) is 0 Å². The fourth-order valence-corrected chi connectivity index (χ4v) is 4.49. The second kappa shape index (κ2) is 12.0. The van der Waals surface area contributed by atoms with Gasteiger partial charge < -0.3 is 10.2 Å². The first-order valence-electron chi connectivity index (χ1n) is 10.9. The highest BCUT2D eigenvalue weighted by atomic mass is 35.5. The molecule has 33 heavy (non-hydrogen) atoms. The number of sulfonamides is 1. The molecule has 180 valence electrons. The summed E-state index contributed by atoms with van der Waals surface area (Å²) in [6.45, 7) is 6.00. The van der Waals surface area contributed by atoms with Crippen LogP contribution < -0.4 is 9.62 Å². The first-order chi connectivity index (χ1) is 15.6. The Bertz CT molecular complexity index is 1060. The second-order valence-electron chi connectivity index (χ2n) is 7.97. The van der Waals surface area contributed by atoms with Crippen LogP contribution in [0.2, 0.25) is 5.02 Å². The van der Waals surface area contributed by atoms with Gasteiger partial charge in [-0.15, -0.1) is 0 Å². The van der Waals surface area contributed by atoms with Crippen molar-refractivity contribution < 1.29 is 18.0 Å². The van der Waals surface area contributed by atoms with E-state index in [4.69, 9.17) is 11.6 Å². The number of amides is 2. The maximum Gasteiger partial charge on any atom is 0.244 e. The van der Waals surface area contributed by atoms with E-state index < -0.39 is 28.5 Å². The van der Waals surface area contributed by atoms with Crippen LogP contribution in [0.5, 0.6) is 0 Å². The lowest BCUT2D eigenvalue weighted by molar-refractivity contribution is -0.140. The zero-order valence-corrected chi connectivity index (χ0v) is 21.1. The van der Waals surface area contributed by atoms with E-state index in [0.717, 1.165) is 28.1 Å². The van der Waals surface area contributed by atoms with Gasteiger partial charge in [0.15, 0.2) is 0 Å². The quantitative estimate of drug-likeness (QED) is 0.516. The summed E-state index contributed by atoms with van der Waals surface area (Å²) in [6, 6.07) is 13.2. The Kier molecular flexibility index (Phi) is 9.73. The highest BCUT2D eigenvalue weighted by molar-refractivity contribution is 7.92. The maximum atomic E-state index is 13.5. The molecule has 0 aliphatic rings. The minimum Gasteiger partial charge on any atom is -0.354 e. The van der Waals surface area contributed by atoms with Gasteiger partial charge in [-0.25, -0.2) is 8.42 Å². The van der Waals surface area contributed by atoms with Gasteiger partial charge in [-0.2, -0.15) is 0 Å². The summed E-state index contributed by atoms with van der Waals surface area (Å²) in [5.74, 6) is -0.715. The van der Waals surface area contributed by atoms with Gasteiger partial charge in [0.25, 0.3) is 0 Å². The molecule has 0 bridgehead atoms. The highest BCUT2D eigenvalue weighted by Gasteiger charge is 2.31. The molecule has 2 amide bonds. The van der Waals surface area contributed by atoms with Crippen LogP contribution in [0, 0.1) is 6.92 Å². The first kappa shape index (κ1) is 26.7. The number of carbonyl (C=O) groups excluding carboxylic acids is 2. The van der Waals surface area contributed by atoms with Gasteiger partial charge in [-0.05, 0) is 49.6 Å². The molecular formula is C24H32ClN3O4S. The molecule has 0 aliphatic carbocycles. The average Bonchev–Trinajstić information content (AvgIpc) is 2.75. The predicted octanol–water partition coefficient (Wildman–Crippen LogP) is 3.75. The van der Waals surface area contributed by atoms with Gasteiger partial charge in [-0.1, -0.05) is 55.3 Å². The molecular weight excluding hydrogens is 462 g/mol. The van der Waals surface area contributed by atoms with E-state index >= 15 is 0 Å². The summed E-state index contributed by atoms with van der Waals surface area (Å²) in [5.41, 5.74) is 2.22. The van der Waals surface area contributed by atoms with Crippen LogP contribution in [0.15, 0.2) is 48.5 Å². The normalized spacial score (nSPS) is 12.2. The monoisotopic (exact) mass is 493 g/mol. The fourth-order valence-electron chi connectivity index (χ4n) is 3.51. The van der Waals surface area contributed by atoms with Crippen molar-refractivity contribution >= 4 is 39.1 Å². The SMILES string of the molecule is CCCNC(=O)C(CC)N(Cc1cccc(C)c1)C(=O)CN(c1ccc(Cl)cc1)S(C)(=O)=O. The van der Waals surface area contributed by atoms with Crippen LogP contribution in [-0.4, -0.2) is 50.5 Å². The summed E-state index contributed by atoms with van der Waals surface area (Å²) in [7, 11) is -3.76. The summed E-state index contributed by atoms with van der Waals surface area (Å²) in [4.78, 5) is 27.9. The van der Waals surface area contributed by atoms with Crippen molar-refractivity contribution in [2.45, 2.75) is 46.2 Å². The van der Waals surface area contributed by atoms with Crippen molar-refractivity contribution in [3.8, 4) is 0 Å². The van der Waals surface area contributed by atoms with Crippen molar-refractivity contribution in [2.75, 3.05) is 23.7 Å². The van der Waals surface area contributed by atoms with E-state index in [0.29, 0.717) is 23.7 Å². The zero-order chi connectivity index (χ0) is 24.6. The number of carbonyl (C=O) groups is 2. The van der Waals surface area contributed by atoms with Gasteiger partial charge in [0.05, 0.1) is 11.9 Å². The predicted molar refractivity (Wildman–Crippen MR) is 133 cm³/mol. The Morgan fingerprint density at radius 1 is 1.09 bits per heavy atom. The maximum absolute atomic E-state index is 13.5. The molecule has 1 N–H and O–H groups in total. The van der Waals surface area contributed by atoms with Crippen LogP contribution >= 0.6 is 11.6 Å². The lowest BCUT2D eigenvalue weighted by atomic mass is 10.1. The van der Waals surface area contributed by atoms with Crippen LogP contribution in [0.1, 0.15) is 37.8 Å². The highest BCUT2D eigenvalue weighted by Crippen LogP contribution is 2.22. The van der Waals surface area contributed by atoms with Crippen molar-refractivity contribution in [1.82, 2.24) is 10.2 Å². The molecule has 2 rings (SSSR count). The summed E-state index contributed by atoms with van der Waals surface area (Å²) in [5, 5.41) is 3.31. The molecule has 2 aromatic carbocycles. The zero-order valence-electron chi connectivity index (χ0n) is 19.5. The van der Waals surface area contributed by atoms with Gasteiger partial charge in [-0.3, -0.25) is 13.9 Å². The Labute approximate surface area is 201 Å². The number of nitrogens with zero attached hydrogens (tertiary/aromatic N) is 2. The molecule has 0 heterocycles. The number of rotatable bonds is 11. The molecule has 0 fully saturated rings. The number of nitrogens with one attached hydrogen (secondary N) is 1. The largest absolute Gasteiger partial charge is 0.354 e. The smallest absolute Gasteiger partial charge is 0.244 e. The Hall–Kier alpha value is -2.58. The van der Waals surface area contributed by atoms with E-state index in [9.17, 15) is 18.0 Å². The van der Waals surface area contributed by atoms with Crippen LogP contribution in [0.3, 0.4) is 0 Å². The number of halogens is 1. The van der Waals surface area contributed by atoms with Gasteiger partial charge >= 0.3 is 0 Å².